The minimum Gasteiger partial charge on any atom is -0.355 e. The van der Waals surface area contributed by atoms with Crippen molar-refractivity contribution in [3.63, 3.8) is 0 Å². The lowest BCUT2D eigenvalue weighted by atomic mass is 10.1. The van der Waals surface area contributed by atoms with Gasteiger partial charge in [-0.1, -0.05) is 39.7 Å². The summed E-state index contributed by atoms with van der Waals surface area (Å²) in [7, 11) is 1.52. The number of fused-ring (bicyclic) bond motifs is 1. The van der Waals surface area contributed by atoms with Crippen LogP contribution in [0.4, 0.5) is 5.69 Å². The number of aryl methyl sites for hydroxylation is 1. The summed E-state index contributed by atoms with van der Waals surface area (Å²) in [6.45, 7) is 1.78. The molecule has 2 amide bonds. The number of benzene rings is 2. The minimum atomic E-state index is -0.429. The van der Waals surface area contributed by atoms with Gasteiger partial charge in [0.1, 0.15) is 0 Å². The van der Waals surface area contributed by atoms with Crippen molar-refractivity contribution < 1.29 is 9.59 Å². The highest BCUT2D eigenvalue weighted by molar-refractivity contribution is 9.10. The maximum atomic E-state index is 13.4. The molecule has 4 aromatic rings. The zero-order valence-corrected chi connectivity index (χ0v) is 19.1. The highest BCUT2D eigenvalue weighted by Gasteiger charge is 2.22. The molecule has 6 nitrogen and oxygen atoms in total. The van der Waals surface area contributed by atoms with Crippen molar-refractivity contribution in [3.8, 4) is 11.3 Å². The SMILES string of the molecule is CNC(=O)c1cc(Cl)cc(C)c1NC(=O)c1ncc2cccn2c1-c1cccc(Br)c1. The number of aromatic nitrogens is 2. The molecule has 0 aliphatic rings. The van der Waals surface area contributed by atoms with Crippen LogP contribution in [0, 0.1) is 6.92 Å². The van der Waals surface area contributed by atoms with E-state index in [2.05, 4.69) is 31.5 Å². The number of halogens is 2. The molecule has 2 aromatic heterocycles. The number of hydrogen-bond acceptors (Lipinski definition) is 3. The van der Waals surface area contributed by atoms with Crippen molar-refractivity contribution in [2.45, 2.75) is 6.92 Å². The Morgan fingerprint density at radius 3 is 2.65 bits per heavy atom. The predicted octanol–water partition coefficient (Wildman–Crippen LogP) is 5.34. The van der Waals surface area contributed by atoms with E-state index in [1.54, 1.807) is 19.2 Å². The molecule has 2 aromatic carbocycles. The van der Waals surface area contributed by atoms with Gasteiger partial charge in [0, 0.05) is 28.3 Å². The summed E-state index contributed by atoms with van der Waals surface area (Å²) in [5.41, 5.74) is 3.92. The largest absolute Gasteiger partial charge is 0.355 e. The number of rotatable bonds is 4. The van der Waals surface area contributed by atoms with Crippen LogP contribution in [0.3, 0.4) is 0 Å². The normalized spacial score (nSPS) is 10.8. The second-order valence-corrected chi connectivity index (χ2v) is 8.30. The highest BCUT2D eigenvalue weighted by Crippen LogP contribution is 2.30. The van der Waals surface area contributed by atoms with Crippen molar-refractivity contribution in [1.29, 1.82) is 0 Å². The van der Waals surface area contributed by atoms with Gasteiger partial charge in [-0.15, -0.1) is 0 Å². The summed E-state index contributed by atoms with van der Waals surface area (Å²) in [5.74, 6) is -0.775. The first-order valence-electron chi connectivity index (χ1n) is 9.44. The lowest BCUT2D eigenvalue weighted by Crippen LogP contribution is -2.23. The first-order chi connectivity index (χ1) is 14.9. The Kier molecular flexibility index (Phi) is 5.80. The van der Waals surface area contributed by atoms with E-state index in [9.17, 15) is 9.59 Å². The Balaban J connectivity index is 1.85. The fourth-order valence-electron chi connectivity index (χ4n) is 3.48. The van der Waals surface area contributed by atoms with Gasteiger partial charge in [0.05, 0.1) is 28.7 Å². The van der Waals surface area contributed by atoms with E-state index in [1.165, 1.54) is 13.1 Å². The molecule has 0 aliphatic heterocycles. The number of carbonyl (C=O) groups excluding carboxylic acids is 2. The summed E-state index contributed by atoms with van der Waals surface area (Å²) < 4.78 is 2.80. The van der Waals surface area contributed by atoms with Gasteiger partial charge in [0.2, 0.25) is 0 Å². The van der Waals surface area contributed by atoms with Crippen molar-refractivity contribution in [2.75, 3.05) is 12.4 Å². The Hall–Kier alpha value is -3.16. The van der Waals surface area contributed by atoms with Crippen LogP contribution < -0.4 is 10.6 Å². The fourth-order valence-corrected chi connectivity index (χ4v) is 4.15. The summed E-state index contributed by atoms with van der Waals surface area (Å²) >= 11 is 9.63. The van der Waals surface area contributed by atoms with Gasteiger partial charge < -0.3 is 15.0 Å². The minimum absolute atomic E-state index is 0.235. The molecule has 8 heteroatoms. The molecule has 31 heavy (non-hydrogen) atoms. The van der Waals surface area contributed by atoms with Crippen LogP contribution in [0.1, 0.15) is 26.4 Å². The van der Waals surface area contributed by atoms with Crippen molar-refractivity contribution in [1.82, 2.24) is 14.7 Å². The first-order valence-corrected chi connectivity index (χ1v) is 10.6. The first kappa shape index (κ1) is 21.1. The lowest BCUT2D eigenvalue weighted by molar-refractivity contribution is 0.0964. The van der Waals surface area contributed by atoms with Gasteiger partial charge in [-0.2, -0.15) is 0 Å². The maximum Gasteiger partial charge on any atom is 0.276 e. The van der Waals surface area contributed by atoms with Crippen molar-refractivity contribution in [3.05, 3.63) is 87.2 Å². The number of nitrogens with one attached hydrogen (secondary N) is 2. The van der Waals surface area contributed by atoms with Gasteiger partial charge in [0.25, 0.3) is 11.8 Å². The summed E-state index contributed by atoms with van der Waals surface area (Å²) in [5, 5.41) is 5.87. The third-order valence-corrected chi connectivity index (χ3v) is 5.61. The molecule has 0 saturated heterocycles. The van der Waals surface area contributed by atoms with Crippen LogP contribution in [-0.4, -0.2) is 28.2 Å². The Labute approximate surface area is 192 Å². The molecule has 0 unspecified atom stereocenters. The molecule has 0 radical (unpaired) electrons. The van der Waals surface area contributed by atoms with E-state index in [-0.39, 0.29) is 17.2 Å². The number of anilines is 1. The molecule has 2 N–H and O–H groups in total. The smallest absolute Gasteiger partial charge is 0.276 e. The molecule has 0 aliphatic carbocycles. The standard InChI is InChI=1S/C23H18BrClN4O2/c1-13-9-16(25)11-18(22(30)26-2)19(13)28-23(31)20-21(14-5-3-6-15(24)10-14)29-8-4-7-17(29)12-27-20/h3-12H,1-2H3,(H,26,30)(H,28,31). The quantitative estimate of drug-likeness (QED) is 0.400. The number of carbonyl (C=O) groups is 2. The predicted molar refractivity (Wildman–Crippen MR) is 126 cm³/mol. The maximum absolute atomic E-state index is 13.4. The van der Waals surface area contributed by atoms with Gasteiger partial charge >= 0.3 is 0 Å². The Bertz CT molecular complexity index is 1330. The van der Waals surface area contributed by atoms with Crippen LogP contribution in [0.25, 0.3) is 16.8 Å². The lowest BCUT2D eigenvalue weighted by Gasteiger charge is -2.16. The average molecular weight is 498 g/mol. The molecule has 156 valence electrons. The zero-order chi connectivity index (χ0) is 22.1. The van der Waals surface area contributed by atoms with Crippen LogP contribution in [0.2, 0.25) is 5.02 Å². The summed E-state index contributed by atoms with van der Waals surface area (Å²) in [6, 6.07) is 14.7. The number of amides is 2. The van der Waals surface area contributed by atoms with Crippen molar-refractivity contribution in [2.24, 2.45) is 0 Å². The van der Waals surface area contributed by atoms with E-state index >= 15 is 0 Å². The molecule has 0 spiro atoms. The van der Waals surface area contributed by atoms with Crippen LogP contribution >= 0.6 is 27.5 Å². The fraction of sp³-hybridized carbons (Fsp3) is 0.0870. The molecule has 0 bridgehead atoms. The van der Waals surface area contributed by atoms with Gasteiger partial charge in [-0.25, -0.2) is 4.98 Å². The van der Waals surface area contributed by atoms with E-state index in [1.807, 2.05) is 47.0 Å². The molecule has 4 rings (SSSR count). The van der Waals surface area contributed by atoms with Crippen LogP contribution in [0.15, 0.2) is 65.4 Å². The zero-order valence-electron chi connectivity index (χ0n) is 16.7. The highest BCUT2D eigenvalue weighted by atomic mass is 79.9. The van der Waals surface area contributed by atoms with Gasteiger partial charge in [-0.3, -0.25) is 9.59 Å². The van der Waals surface area contributed by atoms with E-state index in [4.69, 9.17) is 11.6 Å². The molecule has 0 saturated carbocycles. The summed E-state index contributed by atoms with van der Waals surface area (Å²) in [6.07, 6.45) is 3.53. The van der Waals surface area contributed by atoms with E-state index in [0.717, 1.165) is 15.6 Å². The average Bonchev–Trinajstić information content (AvgIpc) is 3.22. The second-order valence-electron chi connectivity index (χ2n) is 6.95. The van der Waals surface area contributed by atoms with Crippen molar-refractivity contribution >= 4 is 50.5 Å². The Morgan fingerprint density at radius 2 is 1.90 bits per heavy atom. The molecular formula is C23H18BrClN4O2. The van der Waals surface area contributed by atoms with E-state index < -0.39 is 5.91 Å². The number of nitrogens with zero attached hydrogens (tertiary/aromatic N) is 2. The molecule has 0 fully saturated rings. The summed E-state index contributed by atoms with van der Waals surface area (Å²) in [4.78, 5) is 30.2. The van der Waals surface area contributed by atoms with E-state index in [0.29, 0.717) is 22.0 Å². The molecule has 0 atom stereocenters. The topological polar surface area (TPSA) is 75.5 Å². The van der Waals surface area contributed by atoms with Crippen LogP contribution in [-0.2, 0) is 0 Å². The third-order valence-electron chi connectivity index (χ3n) is 4.90. The third kappa shape index (κ3) is 4.06. The molecule has 2 heterocycles. The van der Waals surface area contributed by atoms with Gasteiger partial charge in [-0.05, 0) is 48.9 Å². The monoisotopic (exact) mass is 496 g/mol. The Morgan fingerprint density at radius 1 is 1.10 bits per heavy atom. The van der Waals surface area contributed by atoms with Crippen LogP contribution in [0.5, 0.6) is 0 Å². The number of hydrogen-bond donors (Lipinski definition) is 2. The van der Waals surface area contributed by atoms with Gasteiger partial charge in [0.15, 0.2) is 5.69 Å². The second kappa shape index (κ2) is 8.53. The molecular weight excluding hydrogens is 480 g/mol.